The first-order valence-electron chi connectivity index (χ1n) is 11.1. The molecule has 1 aliphatic rings. The Kier molecular flexibility index (Phi) is 7.01. The predicted octanol–water partition coefficient (Wildman–Crippen LogP) is 5.54. The van der Waals surface area contributed by atoms with Crippen LogP contribution in [-0.4, -0.2) is 29.3 Å². The zero-order valence-electron chi connectivity index (χ0n) is 19.5. The summed E-state index contributed by atoms with van der Waals surface area (Å²) < 4.78 is 28.6. The average Bonchev–Trinajstić information content (AvgIpc) is 3.16. The summed E-state index contributed by atoms with van der Waals surface area (Å²) in [5, 5.41) is 2.99. The number of hydrogen-bond donors (Lipinski definition) is 1. The smallest absolute Gasteiger partial charge is 0.243 e. The van der Waals surface area contributed by atoms with Gasteiger partial charge in [-0.2, -0.15) is 0 Å². The summed E-state index contributed by atoms with van der Waals surface area (Å²) in [5.74, 6) is -1.36. The standard InChI is InChI=1S/C26H32F2N2O2/c1-16-13-20(27)24(21(28)14-16)19-10-8-18(9-11-19)17(2)29-25(32)22-7-6-12-30(22)23(31)15-26(3,4)5/h8-11,13-14,17,22H,6-7,12,15H2,1-5H3,(H,29,32). The van der Waals surface area contributed by atoms with E-state index < -0.39 is 17.7 Å². The van der Waals surface area contributed by atoms with Crippen molar-refractivity contribution in [3.05, 3.63) is 59.2 Å². The topological polar surface area (TPSA) is 49.4 Å². The second-order valence-electron chi connectivity index (χ2n) is 9.94. The summed E-state index contributed by atoms with van der Waals surface area (Å²) in [7, 11) is 0. The normalized spacial score (nSPS) is 17.3. The van der Waals surface area contributed by atoms with Crippen LogP contribution in [0.3, 0.4) is 0 Å². The molecular weight excluding hydrogens is 410 g/mol. The Balaban J connectivity index is 1.69. The minimum Gasteiger partial charge on any atom is -0.348 e. The highest BCUT2D eigenvalue weighted by atomic mass is 19.1. The van der Waals surface area contributed by atoms with Gasteiger partial charge in [-0.15, -0.1) is 0 Å². The van der Waals surface area contributed by atoms with Gasteiger partial charge in [0.2, 0.25) is 11.8 Å². The van der Waals surface area contributed by atoms with Crippen molar-refractivity contribution in [3.8, 4) is 11.1 Å². The fourth-order valence-electron chi connectivity index (χ4n) is 4.20. The van der Waals surface area contributed by atoms with Crippen LogP contribution in [0.1, 0.15) is 64.1 Å². The van der Waals surface area contributed by atoms with Crippen molar-refractivity contribution in [2.75, 3.05) is 6.54 Å². The van der Waals surface area contributed by atoms with E-state index in [1.54, 1.807) is 36.1 Å². The molecule has 0 aromatic heterocycles. The molecule has 0 saturated carbocycles. The largest absolute Gasteiger partial charge is 0.348 e. The molecule has 6 heteroatoms. The van der Waals surface area contributed by atoms with Crippen LogP contribution in [0.2, 0.25) is 0 Å². The van der Waals surface area contributed by atoms with Crippen LogP contribution >= 0.6 is 0 Å². The molecule has 0 spiro atoms. The first-order valence-corrected chi connectivity index (χ1v) is 11.1. The Labute approximate surface area is 189 Å². The van der Waals surface area contributed by atoms with E-state index in [9.17, 15) is 18.4 Å². The van der Waals surface area contributed by atoms with E-state index in [4.69, 9.17) is 0 Å². The summed E-state index contributed by atoms with van der Waals surface area (Å²) in [5.41, 5.74) is 1.60. The van der Waals surface area contributed by atoms with Gasteiger partial charge in [0.1, 0.15) is 17.7 Å². The molecule has 2 atom stereocenters. The number of carbonyl (C=O) groups excluding carboxylic acids is 2. The Morgan fingerprint density at radius 2 is 1.72 bits per heavy atom. The predicted molar refractivity (Wildman–Crippen MR) is 122 cm³/mol. The summed E-state index contributed by atoms with van der Waals surface area (Å²) in [6.45, 7) is 10.1. The minimum absolute atomic E-state index is 0.00862. The lowest BCUT2D eigenvalue weighted by atomic mass is 9.91. The highest BCUT2D eigenvalue weighted by Crippen LogP contribution is 2.29. The second kappa shape index (κ2) is 9.39. The minimum atomic E-state index is -0.599. The number of nitrogens with one attached hydrogen (secondary N) is 1. The summed E-state index contributed by atoms with van der Waals surface area (Å²) in [6, 6.07) is 8.69. The molecule has 1 aliphatic heterocycles. The first kappa shape index (κ1) is 23.9. The third kappa shape index (κ3) is 5.53. The molecule has 3 rings (SSSR count). The molecule has 1 fully saturated rings. The maximum absolute atomic E-state index is 14.3. The molecule has 0 bridgehead atoms. The quantitative estimate of drug-likeness (QED) is 0.661. The highest BCUT2D eigenvalue weighted by Gasteiger charge is 2.35. The zero-order chi connectivity index (χ0) is 23.6. The molecule has 1 saturated heterocycles. The summed E-state index contributed by atoms with van der Waals surface area (Å²) >= 11 is 0. The van der Waals surface area contributed by atoms with Gasteiger partial charge >= 0.3 is 0 Å². The van der Waals surface area contributed by atoms with E-state index >= 15 is 0 Å². The van der Waals surface area contributed by atoms with Gasteiger partial charge in [0.05, 0.1) is 11.6 Å². The van der Waals surface area contributed by atoms with Gasteiger partial charge in [-0.1, -0.05) is 45.0 Å². The van der Waals surface area contributed by atoms with Crippen LogP contribution in [0.4, 0.5) is 8.78 Å². The van der Waals surface area contributed by atoms with Crippen molar-refractivity contribution in [2.24, 2.45) is 5.41 Å². The molecule has 32 heavy (non-hydrogen) atoms. The van der Waals surface area contributed by atoms with Crippen LogP contribution in [0.25, 0.3) is 11.1 Å². The van der Waals surface area contributed by atoms with Crippen LogP contribution in [0, 0.1) is 24.0 Å². The Bertz CT molecular complexity index is 973. The van der Waals surface area contributed by atoms with Crippen LogP contribution in [-0.2, 0) is 9.59 Å². The van der Waals surface area contributed by atoms with Crippen LogP contribution < -0.4 is 5.32 Å². The molecule has 172 valence electrons. The van der Waals surface area contributed by atoms with Gasteiger partial charge < -0.3 is 10.2 Å². The number of carbonyl (C=O) groups is 2. The fourth-order valence-corrected chi connectivity index (χ4v) is 4.20. The van der Waals surface area contributed by atoms with Gasteiger partial charge in [-0.05, 0) is 60.9 Å². The lowest BCUT2D eigenvalue weighted by Gasteiger charge is -2.28. The van der Waals surface area contributed by atoms with Crippen molar-refractivity contribution in [3.63, 3.8) is 0 Å². The highest BCUT2D eigenvalue weighted by molar-refractivity contribution is 5.88. The third-order valence-electron chi connectivity index (χ3n) is 5.80. The number of amides is 2. The molecule has 2 aromatic carbocycles. The Hall–Kier alpha value is -2.76. The van der Waals surface area contributed by atoms with E-state index in [0.29, 0.717) is 30.5 Å². The van der Waals surface area contributed by atoms with Crippen molar-refractivity contribution in [2.45, 2.75) is 66.0 Å². The number of nitrogens with zero attached hydrogens (tertiary/aromatic N) is 1. The number of halogens is 2. The molecule has 1 heterocycles. The SMILES string of the molecule is Cc1cc(F)c(-c2ccc(C(C)NC(=O)C3CCCN3C(=O)CC(C)(C)C)cc2)c(F)c1. The third-order valence-corrected chi connectivity index (χ3v) is 5.80. The monoisotopic (exact) mass is 442 g/mol. The van der Waals surface area contributed by atoms with Gasteiger partial charge in [0.15, 0.2) is 0 Å². The van der Waals surface area contributed by atoms with E-state index in [1.165, 1.54) is 12.1 Å². The lowest BCUT2D eigenvalue weighted by molar-refractivity contribution is -0.140. The lowest BCUT2D eigenvalue weighted by Crippen LogP contribution is -2.47. The molecule has 2 unspecified atom stereocenters. The number of likely N-dealkylation sites (tertiary alicyclic amines) is 1. The van der Waals surface area contributed by atoms with Gasteiger partial charge in [0.25, 0.3) is 0 Å². The zero-order valence-corrected chi connectivity index (χ0v) is 19.5. The second-order valence-corrected chi connectivity index (χ2v) is 9.94. The van der Waals surface area contributed by atoms with E-state index in [1.807, 2.05) is 27.7 Å². The van der Waals surface area contributed by atoms with Gasteiger partial charge in [0, 0.05) is 13.0 Å². The van der Waals surface area contributed by atoms with E-state index in [2.05, 4.69) is 5.32 Å². The number of aryl methyl sites for hydroxylation is 1. The van der Waals surface area contributed by atoms with Crippen molar-refractivity contribution < 1.29 is 18.4 Å². The van der Waals surface area contributed by atoms with E-state index in [-0.39, 0.29) is 28.8 Å². The molecular formula is C26H32F2N2O2. The molecule has 0 aliphatic carbocycles. The average molecular weight is 443 g/mol. The first-order chi connectivity index (χ1) is 15.0. The van der Waals surface area contributed by atoms with E-state index in [0.717, 1.165) is 12.0 Å². The molecule has 2 amide bonds. The van der Waals surface area contributed by atoms with Crippen molar-refractivity contribution in [1.29, 1.82) is 0 Å². The maximum Gasteiger partial charge on any atom is 0.243 e. The molecule has 4 nitrogen and oxygen atoms in total. The summed E-state index contributed by atoms with van der Waals surface area (Å²) in [4.78, 5) is 27.3. The Morgan fingerprint density at radius 1 is 1.12 bits per heavy atom. The summed E-state index contributed by atoms with van der Waals surface area (Å²) in [6.07, 6.45) is 1.87. The maximum atomic E-state index is 14.3. The van der Waals surface area contributed by atoms with Crippen molar-refractivity contribution >= 4 is 11.8 Å². The number of benzene rings is 2. The molecule has 2 aromatic rings. The Morgan fingerprint density at radius 3 is 2.28 bits per heavy atom. The van der Waals surface area contributed by atoms with Crippen LogP contribution in [0.5, 0.6) is 0 Å². The molecule has 1 N–H and O–H groups in total. The molecule has 0 radical (unpaired) electrons. The van der Waals surface area contributed by atoms with Gasteiger partial charge in [-0.3, -0.25) is 9.59 Å². The van der Waals surface area contributed by atoms with Crippen molar-refractivity contribution in [1.82, 2.24) is 10.2 Å². The van der Waals surface area contributed by atoms with Gasteiger partial charge in [-0.25, -0.2) is 8.78 Å². The van der Waals surface area contributed by atoms with Crippen LogP contribution in [0.15, 0.2) is 36.4 Å². The number of hydrogen-bond acceptors (Lipinski definition) is 2. The number of rotatable bonds is 5. The fraction of sp³-hybridized carbons (Fsp3) is 0.462.